The van der Waals surface area contributed by atoms with Gasteiger partial charge in [0.2, 0.25) is 0 Å². The van der Waals surface area contributed by atoms with E-state index in [0.717, 1.165) is 11.3 Å². The lowest BCUT2D eigenvalue weighted by Gasteiger charge is -2.25. The van der Waals surface area contributed by atoms with Crippen LogP contribution in [0.25, 0.3) is 5.76 Å². The van der Waals surface area contributed by atoms with E-state index in [2.05, 4.69) is 0 Å². The highest BCUT2D eigenvalue weighted by Gasteiger charge is 2.45. The van der Waals surface area contributed by atoms with Gasteiger partial charge in [-0.05, 0) is 24.1 Å². The first-order valence-corrected chi connectivity index (χ1v) is 9.17. The van der Waals surface area contributed by atoms with Crippen LogP contribution in [-0.2, 0) is 9.59 Å². The van der Waals surface area contributed by atoms with Gasteiger partial charge < -0.3 is 20.0 Å². The monoisotopic (exact) mass is 380 g/mol. The first kappa shape index (κ1) is 19.6. The van der Waals surface area contributed by atoms with Crippen LogP contribution >= 0.6 is 0 Å². The van der Waals surface area contributed by atoms with Crippen molar-refractivity contribution in [3.8, 4) is 0 Å². The van der Waals surface area contributed by atoms with Crippen molar-refractivity contribution in [3.05, 3.63) is 71.3 Å². The number of ketones is 1. The number of aliphatic hydroxyl groups excluding tert-OH is 2. The number of carbonyl (C=O) groups is 2. The highest BCUT2D eigenvalue weighted by atomic mass is 16.3. The van der Waals surface area contributed by atoms with Gasteiger partial charge in [-0.15, -0.1) is 0 Å². The summed E-state index contributed by atoms with van der Waals surface area (Å²) in [4.78, 5) is 28.8. The number of rotatable bonds is 6. The molecule has 146 valence electrons. The summed E-state index contributed by atoms with van der Waals surface area (Å²) in [5.41, 5.74) is 2.28. The maximum atomic E-state index is 12.8. The van der Waals surface area contributed by atoms with Crippen LogP contribution in [0.15, 0.2) is 60.2 Å². The molecule has 6 nitrogen and oxygen atoms in total. The lowest BCUT2D eigenvalue weighted by atomic mass is 9.95. The van der Waals surface area contributed by atoms with Crippen molar-refractivity contribution in [3.63, 3.8) is 0 Å². The number of carbonyl (C=O) groups excluding carboxylic acids is 2. The molecule has 1 fully saturated rings. The number of hydrogen-bond acceptors (Lipinski definition) is 5. The molecule has 3 rings (SSSR count). The molecule has 1 aliphatic heterocycles. The van der Waals surface area contributed by atoms with Crippen molar-refractivity contribution in [2.45, 2.75) is 12.5 Å². The Balaban J connectivity index is 2.12. The predicted molar refractivity (Wildman–Crippen MR) is 108 cm³/mol. The van der Waals surface area contributed by atoms with Gasteiger partial charge in [0.15, 0.2) is 0 Å². The summed E-state index contributed by atoms with van der Waals surface area (Å²) >= 11 is 0. The highest BCUT2D eigenvalue weighted by molar-refractivity contribution is 6.46. The Morgan fingerprint density at radius 1 is 1.04 bits per heavy atom. The molecule has 1 saturated heterocycles. The maximum absolute atomic E-state index is 12.8. The average Bonchev–Trinajstić information content (AvgIpc) is 2.97. The molecule has 0 bridgehead atoms. The van der Waals surface area contributed by atoms with E-state index in [4.69, 9.17) is 0 Å². The number of likely N-dealkylation sites (tertiary alicyclic amines) is 1. The predicted octanol–water partition coefficient (Wildman–Crippen LogP) is 2.56. The van der Waals surface area contributed by atoms with Crippen molar-refractivity contribution in [1.29, 1.82) is 0 Å². The topological polar surface area (TPSA) is 81.1 Å². The van der Waals surface area contributed by atoms with E-state index in [1.54, 1.807) is 24.3 Å². The van der Waals surface area contributed by atoms with E-state index < -0.39 is 17.7 Å². The van der Waals surface area contributed by atoms with Crippen LogP contribution in [0.1, 0.15) is 23.6 Å². The van der Waals surface area contributed by atoms with Crippen LogP contribution in [0.3, 0.4) is 0 Å². The molecular weight excluding hydrogens is 356 g/mol. The zero-order valence-corrected chi connectivity index (χ0v) is 16.0. The Morgan fingerprint density at radius 2 is 1.68 bits per heavy atom. The number of Topliss-reactive ketones (excluding diaryl/α,β-unsaturated/α-hetero) is 1. The number of anilines is 1. The molecule has 0 spiro atoms. The standard InChI is InChI=1S/C22H24N2O4/c1-23(2)17-11-9-15(10-12-17)19-18(20(26)16-7-4-3-5-8-16)21(27)22(28)24(19)13-6-14-25/h3-5,7-12,19,25-26H,6,13-14H2,1-2H3/t19-/m0/s1. The smallest absolute Gasteiger partial charge is 0.295 e. The molecule has 1 amide bonds. The normalized spacial score (nSPS) is 18.5. The van der Waals surface area contributed by atoms with Crippen molar-refractivity contribution in [1.82, 2.24) is 4.90 Å². The Labute approximate surface area is 164 Å². The molecule has 0 radical (unpaired) electrons. The Kier molecular flexibility index (Phi) is 5.80. The van der Waals surface area contributed by atoms with E-state index in [1.807, 2.05) is 49.3 Å². The highest BCUT2D eigenvalue weighted by Crippen LogP contribution is 2.39. The molecule has 6 heteroatoms. The zero-order chi connectivity index (χ0) is 20.3. The number of benzene rings is 2. The molecular formula is C22H24N2O4. The van der Waals surface area contributed by atoms with Crippen molar-refractivity contribution < 1.29 is 19.8 Å². The minimum absolute atomic E-state index is 0.0757. The lowest BCUT2D eigenvalue weighted by molar-refractivity contribution is -0.140. The van der Waals surface area contributed by atoms with E-state index in [1.165, 1.54) is 4.90 Å². The van der Waals surface area contributed by atoms with Gasteiger partial charge >= 0.3 is 0 Å². The molecule has 2 N–H and O–H groups in total. The number of hydrogen-bond donors (Lipinski definition) is 2. The third kappa shape index (κ3) is 3.64. The second-order valence-corrected chi connectivity index (χ2v) is 6.92. The maximum Gasteiger partial charge on any atom is 0.295 e. The quantitative estimate of drug-likeness (QED) is 0.457. The molecule has 1 aliphatic rings. The fourth-order valence-corrected chi connectivity index (χ4v) is 3.40. The zero-order valence-electron chi connectivity index (χ0n) is 16.0. The van der Waals surface area contributed by atoms with E-state index >= 15 is 0 Å². The van der Waals surface area contributed by atoms with Gasteiger partial charge in [0.25, 0.3) is 11.7 Å². The fourth-order valence-electron chi connectivity index (χ4n) is 3.40. The second kappa shape index (κ2) is 8.27. The Hall–Kier alpha value is -3.12. The Morgan fingerprint density at radius 3 is 2.25 bits per heavy atom. The first-order chi connectivity index (χ1) is 13.5. The summed E-state index contributed by atoms with van der Waals surface area (Å²) < 4.78 is 0. The molecule has 2 aromatic rings. The van der Waals surface area contributed by atoms with Crippen LogP contribution < -0.4 is 4.90 Å². The average molecular weight is 380 g/mol. The third-order valence-electron chi connectivity index (χ3n) is 4.87. The number of aliphatic hydroxyl groups is 2. The van der Waals surface area contributed by atoms with Gasteiger partial charge in [-0.25, -0.2) is 0 Å². The molecule has 1 atom stereocenters. The van der Waals surface area contributed by atoms with Crippen LogP contribution in [0.2, 0.25) is 0 Å². The minimum Gasteiger partial charge on any atom is -0.507 e. The first-order valence-electron chi connectivity index (χ1n) is 9.17. The van der Waals surface area contributed by atoms with Gasteiger partial charge in [0.1, 0.15) is 5.76 Å². The molecule has 0 unspecified atom stereocenters. The van der Waals surface area contributed by atoms with Gasteiger partial charge in [0, 0.05) is 38.5 Å². The SMILES string of the molecule is CN(C)c1ccc([C@H]2C(=C(O)c3ccccc3)C(=O)C(=O)N2CCCO)cc1. The summed E-state index contributed by atoms with van der Waals surface area (Å²) in [5, 5.41) is 20.0. The second-order valence-electron chi connectivity index (χ2n) is 6.92. The molecule has 0 aromatic heterocycles. The number of amides is 1. The molecule has 1 heterocycles. The summed E-state index contributed by atoms with van der Waals surface area (Å²) in [7, 11) is 3.86. The minimum atomic E-state index is -0.707. The van der Waals surface area contributed by atoms with Gasteiger partial charge in [-0.3, -0.25) is 9.59 Å². The van der Waals surface area contributed by atoms with E-state index in [0.29, 0.717) is 12.0 Å². The van der Waals surface area contributed by atoms with Gasteiger partial charge in [0.05, 0.1) is 11.6 Å². The molecule has 28 heavy (non-hydrogen) atoms. The lowest BCUT2D eigenvalue weighted by Crippen LogP contribution is -2.31. The third-order valence-corrected chi connectivity index (χ3v) is 4.87. The van der Waals surface area contributed by atoms with Crippen LogP contribution in [-0.4, -0.2) is 54.1 Å². The van der Waals surface area contributed by atoms with Crippen LogP contribution in [0.5, 0.6) is 0 Å². The van der Waals surface area contributed by atoms with Crippen molar-refractivity contribution in [2.24, 2.45) is 0 Å². The fraction of sp³-hybridized carbons (Fsp3) is 0.273. The largest absolute Gasteiger partial charge is 0.507 e. The van der Waals surface area contributed by atoms with Crippen LogP contribution in [0.4, 0.5) is 5.69 Å². The van der Waals surface area contributed by atoms with Crippen molar-refractivity contribution >= 4 is 23.1 Å². The van der Waals surface area contributed by atoms with Crippen LogP contribution in [0, 0.1) is 0 Å². The summed E-state index contributed by atoms with van der Waals surface area (Å²) in [5.74, 6) is -1.55. The molecule has 0 saturated carbocycles. The summed E-state index contributed by atoms with van der Waals surface area (Å²) in [6.07, 6.45) is 0.352. The van der Waals surface area contributed by atoms with E-state index in [9.17, 15) is 19.8 Å². The molecule has 2 aromatic carbocycles. The molecule has 0 aliphatic carbocycles. The van der Waals surface area contributed by atoms with Gasteiger partial charge in [-0.1, -0.05) is 42.5 Å². The summed E-state index contributed by atoms with van der Waals surface area (Å²) in [6, 6.07) is 15.6. The van der Waals surface area contributed by atoms with Gasteiger partial charge in [-0.2, -0.15) is 0 Å². The number of nitrogens with zero attached hydrogens (tertiary/aromatic N) is 2. The van der Waals surface area contributed by atoms with Crippen molar-refractivity contribution in [2.75, 3.05) is 32.1 Å². The van der Waals surface area contributed by atoms with E-state index in [-0.39, 0.29) is 24.5 Å². The summed E-state index contributed by atoms with van der Waals surface area (Å²) in [6.45, 7) is 0.140. The Bertz CT molecular complexity index is 889.